The maximum absolute atomic E-state index is 4.35. The van der Waals surface area contributed by atoms with Crippen molar-refractivity contribution in [2.75, 3.05) is 29.9 Å². The zero-order valence-corrected chi connectivity index (χ0v) is 11.5. The summed E-state index contributed by atoms with van der Waals surface area (Å²) in [6.07, 6.45) is 8.79. The standard InChI is InChI=1S/C15H19N5/c1-2-9-20(8-1)15-10-14(18-12-19-15)17-7-5-13-4-3-6-16-11-13/h3-4,6,10-12H,1-2,5,7-9H2,(H,17,18,19). The van der Waals surface area contributed by atoms with E-state index in [1.807, 2.05) is 18.3 Å². The third kappa shape index (κ3) is 3.23. The lowest BCUT2D eigenvalue weighted by Gasteiger charge is -2.16. The fourth-order valence-electron chi connectivity index (χ4n) is 2.44. The summed E-state index contributed by atoms with van der Waals surface area (Å²) in [6.45, 7) is 3.06. The van der Waals surface area contributed by atoms with Crippen LogP contribution in [-0.4, -0.2) is 34.6 Å². The molecule has 1 N–H and O–H groups in total. The summed E-state index contributed by atoms with van der Waals surface area (Å²) in [5, 5.41) is 3.35. The summed E-state index contributed by atoms with van der Waals surface area (Å²) >= 11 is 0. The molecule has 2 aromatic heterocycles. The molecule has 0 atom stereocenters. The van der Waals surface area contributed by atoms with Gasteiger partial charge in [0.05, 0.1) is 0 Å². The Morgan fingerprint density at radius 1 is 1.20 bits per heavy atom. The second-order valence-electron chi connectivity index (χ2n) is 4.99. The normalized spacial score (nSPS) is 14.5. The molecule has 0 bridgehead atoms. The minimum Gasteiger partial charge on any atom is -0.370 e. The summed E-state index contributed by atoms with van der Waals surface area (Å²) in [4.78, 5) is 15.1. The lowest BCUT2D eigenvalue weighted by molar-refractivity contribution is 0.922. The van der Waals surface area contributed by atoms with Crippen molar-refractivity contribution in [1.82, 2.24) is 15.0 Å². The predicted molar refractivity (Wildman–Crippen MR) is 79.9 cm³/mol. The number of rotatable bonds is 5. The highest BCUT2D eigenvalue weighted by Gasteiger charge is 2.13. The number of nitrogens with zero attached hydrogens (tertiary/aromatic N) is 4. The molecule has 2 aromatic rings. The monoisotopic (exact) mass is 269 g/mol. The Morgan fingerprint density at radius 2 is 2.10 bits per heavy atom. The van der Waals surface area contributed by atoms with Gasteiger partial charge < -0.3 is 10.2 Å². The molecule has 3 rings (SSSR count). The summed E-state index contributed by atoms with van der Waals surface area (Å²) in [5.41, 5.74) is 1.23. The Labute approximate surface area is 119 Å². The number of anilines is 2. The summed E-state index contributed by atoms with van der Waals surface area (Å²) in [6, 6.07) is 6.09. The Bertz CT molecular complexity index is 537. The van der Waals surface area contributed by atoms with Gasteiger partial charge in [-0.3, -0.25) is 4.98 Å². The molecule has 3 heterocycles. The molecule has 5 nitrogen and oxygen atoms in total. The van der Waals surface area contributed by atoms with Crippen LogP contribution in [0.1, 0.15) is 18.4 Å². The van der Waals surface area contributed by atoms with Crippen LogP contribution in [0.15, 0.2) is 36.9 Å². The van der Waals surface area contributed by atoms with Crippen LogP contribution >= 0.6 is 0 Å². The maximum atomic E-state index is 4.35. The summed E-state index contributed by atoms with van der Waals surface area (Å²) < 4.78 is 0. The van der Waals surface area contributed by atoms with Crippen LogP contribution in [0.25, 0.3) is 0 Å². The number of nitrogens with one attached hydrogen (secondary N) is 1. The first-order chi connectivity index (χ1) is 9.92. The smallest absolute Gasteiger partial charge is 0.134 e. The zero-order valence-electron chi connectivity index (χ0n) is 11.5. The van der Waals surface area contributed by atoms with Crippen LogP contribution in [0, 0.1) is 0 Å². The molecule has 5 heteroatoms. The fraction of sp³-hybridized carbons (Fsp3) is 0.400. The minimum absolute atomic E-state index is 0.849. The van der Waals surface area contributed by atoms with Crippen LogP contribution in [0.4, 0.5) is 11.6 Å². The molecule has 20 heavy (non-hydrogen) atoms. The average molecular weight is 269 g/mol. The van der Waals surface area contributed by atoms with Gasteiger partial charge in [-0.1, -0.05) is 6.07 Å². The molecule has 1 aliphatic rings. The van der Waals surface area contributed by atoms with Gasteiger partial charge in [0.25, 0.3) is 0 Å². The van der Waals surface area contributed by atoms with Gasteiger partial charge >= 0.3 is 0 Å². The van der Waals surface area contributed by atoms with E-state index in [2.05, 4.69) is 31.2 Å². The van der Waals surface area contributed by atoms with Crippen molar-refractivity contribution >= 4 is 11.6 Å². The van der Waals surface area contributed by atoms with E-state index in [0.717, 1.165) is 37.7 Å². The number of aromatic nitrogens is 3. The Hall–Kier alpha value is -2.17. The van der Waals surface area contributed by atoms with E-state index in [1.165, 1.54) is 18.4 Å². The lowest BCUT2D eigenvalue weighted by atomic mass is 10.2. The highest BCUT2D eigenvalue weighted by molar-refractivity contribution is 5.48. The number of pyridine rings is 1. The third-order valence-electron chi connectivity index (χ3n) is 3.53. The molecule has 1 saturated heterocycles. The van der Waals surface area contributed by atoms with Crippen LogP contribution in [0.5, 0.6) is 0 Å². The van der Waals surface area contributed by atoms with Crippen molar-refractivity contribution in [3.05, 3.63) is 42.5 Å². The Morgan fingerprint density at radius 3 is 2.90 bits per heavy atom. The first-order valence-corrected chi connectivity index (χ1v) is 7.11. The van der Waals surface area contributed by atoms with Crippen LogP contribution in [-0.2, 0) is 6.42 Å². The summed E-state index contributed by atoms with van der Waals surface area (Å²) in [7, 11) is 0. The highest BCUT2D eigenvalue weighted by Crippen LogP contribution is 2.19. The van der Waals surface area contributed by atoms with E-state index in [4.69, 9.17) is 0 Å². The van der Waals surface area contributed by atoms with Gasteiger partial charge in [0.1, 0.15) is 18.0 Å². The van der Waals surface area contributed by atoms with Gasteiger partial charge in [-0.2, -0.15) is 0 Å². The molecule has 1 fully saturated rings. The molecular weight excluding hydrogens is 250 g/mol. The molecule has 0 saturated carbocycles. The van der Waals surface area contributed by atoms with Gasteiger partial charge in [-0.05, 0) is 30.9 Å². The van der Waals surface area contributed by atoms with Crippen molar-refractivity contribution < 1.29 is 0 Å². The van der Waals surface area contributed by atoms with E-state index in [1.54, 1.807) is 12.5 Å². The molecule has 1 aliphatic heterocycles. The first kappa shape index (κ1) is 12.8. The molecule has 0 aliphatic carbocycles. The first-order valence-electron chi connectivity index (χ1n) is 7.11. The topological polar surface area (TPSA) is 53.9 Å². The SMILES string of the molecule is c1cncc(CCNc2cc(N3CCCC3)ncn2)c1. The van der Waals surface area contributed by atoms with E-state index >= 15 is 0 Å². The van der Waals surface area contributed by atoms with Crippen LogP contribution in [0.3, 0.4) is 0 Å². The van der Waals surface area contributed by atoms with E-state index in [-0.39, 0.29) is 0 Å². The fourth-order valence-corrected chi connectivity index (χ4v) is 2.44. The summed E-state index contributed by atoms with van der Waals surface area (Å²) in [5.74, 6) is 1.92. The van der Waals surface area contributed by atoms with Gasteiger partial charge in [0.2, 0.25) is 0 Å². The van der Waals surface area contributed by atoms with Gasteiger partial charge in [0.15, 0.2) is 0 Å². The molecule has 0 unspecified atom stereocenters. The molecule has 0 aromatic carbocycles. The van der Waals surface area contributed by atoms with Crippen LogP contribution < -0.4 is 10.2 Å². The largest absolute Gasteiger partial charge is 0.370 e. The molecular formula is C15H19N5. The lowest BCUT2D eigenvalue weighted by Crippen LogP contribution is -2.19. The van der Waals surface area contributed by atoms with Gasteiger partial charge in [-0.25, -0.2) is 9.97 Å². The van der Waals surface area contributed by atoms with E-state index in [9.17, 15) is 0 Å². The third-order valence-corrected chi connectivity index (χ3v) is 3.53. The van der Waals surface area contributed by atoms with Gasteiger partial charge in [0, 0.05) is 38.1 Å². The Balaban J connectivity index is 1.56. The van der Waals surface area contributed by atoms with Crippen molar-refractivity contribution in [2.24, 2.45) is 0 Å². The van der Waals surface area contributed by atoms with Crippen molar-refractivity contribution in [1.29, 1.82) is 0 Å². The van der Waals surface area contributed by atoms with Crippen molar-refractivity contribution in [3.63, 3.8) is 0 Å². The van der Waals surface area contributed by atoms with E-state index < -0.39 is 0 Å². The Kier molecular flexibility index (Phi) is 4.06. The maximum Gasteiger partial charge on any atom is 0.134 e. The molecule has 0 spiro atoms. The van der Waals surface area contributed by atoms with Crippen molar-refractivity contribution in [2.45, 2.75) is 19.3 Å². The molecule has 0 amide bonds. The molecule has 0 radical (unpaired) electrons. The van der Waals surface area contributed by atoms with Gasteiger partial charge in [-0.15, -0.1) is 0 Å². The second kappa shape index (κ2) is 6.32. The average Bonchev–Trinajstić information content (AvgIpc) is 3.03. The zero-order chi connectivity index (χ0) is 13.6. The number of hydrogen-bond donors (Lipinski definition) is 1. The number of hydrogen-bond acceptors (Lipinski definition) is 5. The second-order valence-corrected chi connectivity index (χ2v) is 4.99. The van der Waals surface area contributed by atoms with E-state index in [0.29, 0.717) is 0 Å². The highest BCUT2D eigenvalue weighted by atomic mass is 15.2. The van der Waals surface area contributed by atoms with Crippen molar-refractivity contribution in [3.8, 4) is 0 Å². The van der Waals surface area contributed by atoms with Crippen LogP contribution in [0.2, 0.25) is 0 Å². The quantitative estimate of drug-likeness (QED) is 0.901. The minimum atomic E-state index is 0.849. The molecule has 104 valence electrons. The predicted octanol–water partition coefficient (Wildman–Crippen LogP) is 2.13.